The van der Waals surface area contributed by atoms with Crippen LogP contribution in [0.5, 0.6) is 0 Å². The van der Waals surface area contributed by atoms with Gasteiger partial charge in [-0.1, -0.05) is 17.7 Å². The molecule has 0 radical (unpaired) electrons. The highest BCUT2D eigenvalue weighted by Crippen LogP contribution is 2.35. The Balaban J connectivity index is 1.42. The number of pyridine rings is 2. The van der Waals surface area contributed by atoms with Gasteiger partial charge < -0.3 is 20.4 Å². The molecule has 1 atom stereocenters. The van der Waals surface area contributed by atoms with Crippen LogP contribution in [0.25, 0.3) is 5.65 Å². The molecule has 2 N–H and O–H groups in total. The number of piperazine rings is 1. The number of carbonyl (C=O) groups is 1. The van der Waals surface area contributed by atoms with Gasteiger partial charge in [0.2, 0.25) is 0 Å². The lowest BCUT2D eigenvalue weighted by molar-refractivity contribution is -0.140. The minimum Gasteiger partial charge on any atom is -0.377 e. The van der Waals surface area contributed by atoms with Gasteiger partial charge in [-0.05, 0) is 68.8 Å². The van der Waals surface area contributed by atoms with E-state index in [9.17, 15) is 18.0 Å². The summed E-state index contributed by atoms with van der Waals surface area (Å²) in [7, 11) is 1.57. The molecule has 1 aliphatic carbocycles. The molecule has 0 spiro atoms. The third-order valence-electron chi connectivity index (χ3n) is 7.66. The topological polar surface area (TPSA) is 90.7 Å². The average molecular weight is 593 g/mol. The van der Waals surface area contributed by atoms with Crippen LogP contribution in [0.2, 0.25) is 0 Å². The van der Waals surface area contributed by atoms with Gasteiger partial charge in [-0.25, -0.2) is 4.98 Å². The number of hydrogen-bond donors (Lipinski definition) is 2. The van der Waals surface area contributed by atoms with Gasteiger partial charge in [-0.2, -0.15) is 13.2 Å². The predicted octanol–water partition coefficient (Wildman–Crippen LogP) is 4.91. The van der Waals surface area contributed by atoms with Crippen molar-refractivity contribution in [3.63, 3.8) is 0 Å². The van der Waals surface area contributed by atoms with Crippen molar-refractivity contribution in [3.8, 4) is 0 Å². The van der Waals surface area contributed by atoms with E-state index in [0.29, 0.717) is 17.6 Å². The van der Waals surface area contributed by atoms with Crippen molar-refractivity contribution in [1.82, 2.24) is 29.8 Å². The van der Waals surface area contributed by atoms with Gasteiger partial charge in [0.25, 0.3) is 5.91 Å². The summed E-state index contributed by atoms with van der Waals surface area (Å²) in [5.74, 6) is -0.255. The molecule has 0 bridgehead atoms. The Morgan fingerprint density at radius 3 is 2.60 bits per heavy atom. The molecule has 1 amide bonds. The fourth-order valence-electron chi connectivity index (χ4n) is 5.34. The standard InChI is InChI=1S/C31H35F3N8O/c1-20-5-7-25(30(43)35-4)24(26(17-20)22(3)38-27-8-6-21(2)37-29(27)31(32,33)34)10-11-40-13-15-41(16-14-40)23-9-12-42-19-36-39-28(42)18-23/h6-12,17-19,22,38H,5,13-16H2,1-4H3,(H,35,43)/b11-10+. The number of aryl methyl sites for hydroxylation is 1. The van der Waals surface area contributed by atoms with Gasteiger partial charge in [0, 0.05) is 68.5 Å². The van der Waals surface area contributed by atoms with Crippen LogP contribution in [0.15, 0.2) is 83.5 Å². The summed E-state index contributed by atoms with van der Waals surface area (Å²) >= 11 is 0. The van der Waals surface area contributed by atoms with E-state index in [4.69, 9.17) is 0 Å². The van der Waals surface area contributed by atoms with Crippen LogP contribution in [-0.4, -0.2) is 69.7 Å². The summed E-state index contributed by atoms with van der Waals surface area (Å²) in [4.78, 5) is 21.3. The Morgan fingerprint density at radius 1 is 1.12 bits per heavy atom. The van der Waals surface area contributed by atoms with Gasteiger partial charge in [0.15, 0.2) is 11.3 Å². The monoisotopic (exact) mass is 592 g/mol. The predicted molar refractivity (Wildman–Crippen MR) is 161 cm³/mol. The van der Waals surface area contributed by atoms with Crippen molar-refractivity contribution in [1.29, 1.82) is 0 Å². The Kier molecular flexibility index (Phi) is 8.56. The number of nitrogens with one attached hydrogen (secondary N) is 2. The molecule has 12 heteroatoms. The first kappa shape index (κ1) is 29.9. The van der Waals surface area contributed by atoms with E-state index in [1.165, 1.54) is 13.0 Å². The second-order valence-corrected chi connectivity index (χ2v) is 10.8. The first-order valence-electron chi connectivity index (χ1n) is 14.2. The molecule has 1 fully saturated rings. The maximum Gasteiger partial charge on any atom is 0.435 e. The summed E-state index contributed by atoms with van der Waals surface area (Å²) in [5, 5.41) is 13.8. The lowest BCUT2D eigenvalue weighted by Crippen LogP contribution is -2.44. The molecule has 9 nitrogen and oxygen atoms in total. The third kappa shape index (κ3) is 6.73. The molecule has 1 unspecified atom stereocenters. The van der Waals surface area contributed by atoms with Gasteiger partial charge in [-0.15, -0.1) is 10.2 Å². The number of halogens is 3. The van der Waals surface area contributed by atoms with E-state index in [1.54, 1.807) is 26.4 Å². The smallest absolute Gasteiger partial charge is 0.377 e. The number of carbonyl (C=O) groups excluding carboxylic acids is 1. The maximum absolute atomic E-state index is 13.8. The molecule has 226 valence electrons. The molecule has 1 saturated heterocycles. The van der Waals surface area contributed by atoms with Crippen molar-refractivity contribution in [3.05, 3.63) is 94.9 Å². The van der Waals surface area contributed by atoms with E-state index in [2.05, 4.69) is 35.6 Å². The molecule has 0 saturated carbocycles. The fourth-order valence-corrected chi connectivity index (χ4v) is 5.34. The van der Waals surface area contributed by atoms with Gasteiger partial charge in [0.1, 0.15) is 6.33 Å². The molecular formula is C31H35F3N8O. The van der Waals surface area contributed by atoms with Crippen LogP contribution < -0.4 is 15.5 Å². The minimum absolute atomic E-state index is 0.109. The van der Waals surface area contributed by atoms with Crippen LogP contribution in [0.1, 0.15) is 31.7 Å². The first-order valence-corrected chi connectivity index (χ1v) is 14.2. The zero-order chi connectivity index (χ0) is 30.7. The highest BCUT2D eigenvalue weighted by molar-refractivity contribution is 5.99. The van der Waals surface area contributed by atoms with Crippen molar-refractivity contribution < 1.29 is 18.0 Å². The lowest BCUT2D eigenvalue weighted by Gasteiger charge is -2.35. The SMILES string of the molecule is CNC(=O)C1=CCC(C)=CC(C(C)Nc2ccc(C)nc2C(F)(F)F)=C1/C=C/N1CCN(c2ccn3cnnc3c2)CC1. The highest BCUT2D eigenvalue weighted by atomic mass is 19.4. The molecule has 1 aliphatic heterocycles. The summed E-state index contributed by atoms with van der Waals surface area (Å²) in [6.45, 7) is 8.35. The number of amides is 1. The number of fused-ring (bicyclic) bond motifs is 1. The summed E-state index contributed by atoms with van der Waals surface area (Å²) in [6, 6.07) is 6.45. The van der Waals surface area contributed by atoms with Crippen LogP contribution in [0.4, 0.5) is 24.5 Å². The van der Waals surface area contributed by atoms with Gasteiger partial charge in [0.05, 0.1) is 5.69 Å². The molecule has 3 aromatic heterocycles. The van der Waals surface area contributed by atoms with Crippen molar-refractivity contribution in [2.45, 2.75) is 39.4 Å². The Hall–Kier alpha value is -4.61. The van der Waals surface area contributed by atoms with Crippen LogP contribution in [0, 0.1) is 6.92 Å². The lowest BCUT2D eigenvalue weighted by atomic mass is 9.94. The van der Waals surface area contributed by atoms with E-state index in [1.807, 2.05) is 54.1 Å². The summed E-state index contributed by atoms with van der Waals surface area (Å²) in [5.41, 5.74) is 3.92. The average Bonchev–Trinajstić information content (AvgIpc) is 3.39. The summed E-state index contributed by atoms with van der Waals surface area (Å²) in [6.07, 6.45) is 7.25. The van der Waals surface area contributed by atoms with Gasteiger partial charge in [-0.3, -0.25) is 9.20 Å². The van der Waals surface area contributed by atoms with Crippen LogP contribution in [-0.2, 0) is 11.0 Å². The number of likely N-dealkylation sites (N-methyl/N-ethyl adjacent to an activating group) is 1. The number of nitrogens with zero attached hydrogens (tertiary/aromatic N) is 6. The Bertz CT molecular complexity index is 1630. The molecular weight excluding hydrogens is 557 g/mol. The zero-order valence-corrected chi connectivity index (χ0v) is 24.6. The molecule has 5 rings (SSSR count). The van der Waals surface area contributed by atoms with E-state index in [0.717, 1.165) is 48.7 Å². The summed E-state index contributed by atoms with van der Waals surface area (Å²) < 4.78 is 43.4. The second-order valence-electron chi connectivity index (χ2n) is 10.8. The molecule has 4 heterocycles. The van der Waals surface area contributed by atoms with E-state index >= 15 is 0 Å². The van der Waals surface area contributed by atoms with Gasteiger partial charge >= 0.3 is 6.18 Å². The number of aromatic nitrogens is 4. The van der Waals surface area contributed by atoms with Crippen LogP contribution in [0.3, 0.4) is 0 Å². The number of allylic oxidation sites excluding steroid dienone is 3. The van der Waals surface area contributed by atoms with E-state index < -0.39 is 17.9 Å². The number of anilines is 2. The van der Waals surface area contributed by atoms with Crippen molar-refractivity contribution >= 4 is 22.9 Å². The normalized spacial score (nSPS) is 17.2. The number of rotatable bonds is 7. The van der Waals surface area contributed by atoms with E-state index in [-0.39, 0.29) is 17.3 Å². The quantitative estimate of drug-likeness (QED) is 0.403. The Labute approximate surface area is 248 Å². The highest BCUT2D eigenvalue weighted by Gasteiger charge is 2.36. The molecule has 0 aromatic carbocycles. The largest absolute Gasteiger partial charge is 0.435 e. The Morgan fingerprint density at radius 2 is 1.88 bits per heavy atom. The van der Waals surface area contributed by atoms with Crippen LogP contribution >= 0.6 is 0 Å². The minimum atomic E-state index is -4.61. The van der Waals surface area contributed by atoms with Crippen molar-refractivity contribution in [2.75, 3.05) is 43.4 Å². The fraction of sp³-hybridized carbons (Fsp3) is 0.355. The third-order valence-corrected chi connectivity index (χ3v) is 7.66. The second kappa shape index (κ2) is 12.3. The molecule has 3 aromatic rings. The number of alkyl halides is 3. The molecule has 43 heavy (non-hydrogen) atoms. The first-order chi connectivity index (χ1) is 20.5. The number of hydrogen-bond acceptors (Lipinski definition) is 7. The zero-order valence-electron chi connectivity index (χ0n) is 24.6. The maximum atomic E-state index is 13.8. The van der Waals surface area contributed by atoms with Crippen molar-refractivity contribution in [2.24, 2.45) is 0 Å². The molecule has 2 aliphatic rings.